The number of amidine groups is 1. The maximum atomic E-state index is 14.1. The fourth-order valence-corrected chi connectivity index (χ4v) is 7.61. The number of fused-ring (bicyclic) bond motifs is 1. The largest absolute Gasteiger partial charge is 0.497 e. The summed E-state index contributed by atoms with van der Waals surface area (Å²) in [6.45, 7) is 0. The number of amides is 1. The molecule has 2 aromatic carbocycles. The number of carbonyl (C=O) groups excluding carboxylic acids is 1. The molecule has 2 aliphatic heterocycles. The summed E-state index contributed by atoms with van der Waals surface area (Å²) in [5.41, 5.74) is 1.20. The van der Waals surface area contributed by atoms with Gasteiger partial charge >= 0.3 is 0 Å². The van der Waals surface area contributed by atoms with Gasteiger partial charge in [-0.2, -0.15) is 4.99 Å². The molecule has 6 nitrogen and oxygen atoms in total. The van der Waals surface area contributed by atoms with Gasteiger partial charge in [-0.05, 0) is 35.9 Å². The molecule has 2 fully saturated rings. The van der Waals surface area contributed by atoms with Gasteiger partial charge in [0.05, 0.1) is 36.1 Å². The highest BCUT2D eigenvalue weighted by molar-refractivity contribution is 8.16. The second kappa shape index (κ2) is 8.20. The number of thioether (sulfide) groups is 1. The van der Waals surface area contributed by atoms with E-state index in [0.717, 1.165) is 5.56 Å². The molecule has 0 saturated carbocycles. The Kier molecular flexibility index (Phi) is 5.78. The van der Waals surface area contributed by atoms with Crippen LogP contribution < -0.4 is 9.64 Å². The summed E-state index contributed by atoms with van der Waals surface area (Å²) in [4.78, 5) is 18.5. The van der Waals surface area contributed by atoms with Gasteiger partial charge in [0, 0.05) is 10.9 Å². The van der Waals surface area contributed by atoms with Crippen LogP contribution >= 0.6 is 23.4 Å². The number of halogens is 2. The van der Waals surface area contributed by atoms with E-state index < -0.39 is 21.7 Å². The van der Waals surface area contributed by atoms with Crippen molar-refractivity contribution in [3.8, 4) is 5.75 Å². The summed E-state index contributed by atoms with van der Waals surface area (Å²) in [7, 11) is -1.64. The molecule has 158 valence electrons. The van der Waals surface area contributed by atoms with E-state index in [9.17, 15) is 17.6 Å². The monoisotopic (exact) mass is 468 g/mol. The van der Waals surface area contributed by atoms with E-state index in [-0.39, 0.29) is 34.1 Å². The highest BCUT2D eigenvalue weighted by Gasteiger charge is 2.49. The lowest BCUT2D eigenvalue weighted by Gasteiger charge is -2.24. The van der Waals surface area contributed by atoms with Crippen molar-refractivity contribution in [1.29, 1.82) is 0 Å². The number of methoxy groups -OCH3 is 1. The van der Waals surface area contributed by atoms with Crippen LogP contribution in [0.5, 0.6) is 5.75 Å². The van der Waals surface area contributed by atoms with Gasteiger partial charge in [0.15, 0.2) is 15.0 Å². The summed E-state index contributed by atoms with van der Waals surface area (Å²) in [5, 5.41) is 0.0803. The molecule has 2 heterocycles. The molecule has 0 N–H and O–H groups in total. The van der Waals surface area contributed by atoms with Gasteiger partial charge in [-0.25, -0.2) is 12.8 Å². The zero-order valence-electron chi connectivity index (χ0n) is 15.9. The van der Waals surface area contributed by atoms with Crippen molar-refractivity contribution in [3.05, 3.63) is 58.9 Å². The summed E-state index contributed by atoms with van der Waals surface area (Å²) < 4.78 is 43.4. The Morgan fingerprint density at radius 3 is 2.67 bits per heavy atom. The number of carbonyl (C=O) groups is 1. The van der Waals surface area contributed by atoms with Crippen LogP contribution in [0.3, 0.4) is 0 Å². The average Bonchev–Trinajstić information content (AvgIpc) is 3.15. The quantitative estimate of drug-likeness (QED) is 0.685. The number of aliphatic imine (C=N–C) groups is 1. The first-order chi connectivity index (χ1) is 14.3. The highest BCUT2D eigenvalue weighted by atomic mass is 35.5. The minimum absolute atomic E-state index is 0.000591. The van der Waals surface area contributed by atoms with E-state index >= 15 is 0 Å². The number of nitrogens with zero attached hydrogens (tertiary/aromatic N) is 2. The predicted octanol–water partition coefficient (Wildman–Crippen LogP) is 3.33. The molecular weight excluding hydrogens is 451 g/mol. The first kappa shape index (κ1) is 21.1. The molecule has 1 amide bonds. The zero-order chi connectivity index (χ0) is 21.5. The zero-order valence-corrected chi connectivity index (χ0v) is 18.3. The molecule has 0 aliphatic carbocycles. The maximum Gasteiger partial charge on any atom is 0.252 e. The summed E-state index contributed by atoms with van der Waals surface area (Å²) >= 11 is 7.03. The summed E-state index contributed by atoms with van der Waals surface area (Å²) in [6.07, 6.45) is 0.0878. The Morgan fingerprint density at radius 1 is 1.27 bits per heavy atom. The van der Waals surface area contributed by atoms with Crippen molar-refractivity contribution in [2.24, 2.45) is 4.99 Å². The van der Waals surface area contributed by atoms with E-state index in [1.807, 2.05) is 0 Å². The number of hydrogen-bond donors (Lipinski definition) is 0. The molecule has 10 heteroatoms. The molecule has 4 rings (SSSR count). The Bertz CT molecular complexity index is 1120. The van der Waals surface area contributed by atoms with Crippen LogP contribution in [0, 0.1) is 5.82 Å². The molecular formula is C20H18ClFN2O4S2. The minimum Gasteiger partial charge on any atom is -0.497 e. The number of rotatable bonds is 4. The lowest BCUT2D eigenvalue weighted by molar-refractivity contribution is -0.117. The molecule has 0 bridgehead atoms. The third-order valence-corrected chi connectivity index (χ3v) is 8.50. The van der Waals surface area contributed by atoms with E-state index in [4.69, 9.17) is 16.3 Å². The first-order valence-electron chi connectivity index (χ1n) is 9.11. The Balaban J connectivity index is 1.62. The lowest BCUT2D eigenvalue weighted by Crippen LogP contribution is -2.37. The minimum atomic E-state index is -3.21. The van der Waals surface area contributed by atoms with Gasteiger partial charge in [0.25, 0.3) is 5.91 Å². The van der Waals surface area contributed by atoms with Gasteiger partial charge in [-0.3, -0.25) is 4.79 Å². The topological polar surface area (TPSA) is 76.0 Å². The molecule has 0 radical (unpaired) electrons. The third-order valence-electron chi connectivity index (χ3n) is 4.98. The van der Waals surface area contributed by atoms with Crippen molar-refractivity contribution in [1.82, 2.24) is 0 Å². The Hall–Kier alpha value is -2.10. The summed E-state index contributed by atoms with van der Waals surface area (Å²) in [6, 6.07) is 10.9. The van der Waals surface area contributed by atoms with Crippen LogP contribution in [0.2, 0.25) is 5.02 Å². The van der Waals surface area contributed by atoms with Gasteiger partial charge in [0.1, 0.15) is 11.6 Å². The van der Waals surface area contributed by atoms with Crippen LogP contribution in [0.25, 0.3) is 0 Å². The molecule has 2 saturated heterocycles. The van der Waals surface area contributed by atoms with Crippen molar-refractivity contribution < 1.29 is 22.3 Å². The third kappa shape index (κ3) is 4.33. The molecule has 2 atom stereocenters. The molecule has 0 spiro atoms. The fourth-order valence-electron chi connectivity index (χ4n) is 3.57. The van der Waals surface area contributed by atoms with Gasteiger partial charge in [-0.1, -0.05) is 35.5 Å². The van der Waals surface area contributed by atoms with Crippen molar-refractivity contribution in [2.45, 2.75) is 17.7 Å². The van der Waals surface area contributed by atoms with Crippen LogP contribution in [0.15, 0.2) is 47.5 Å². The second-order valence-electron chi connectivity index (χ2n) is 7.08. The lowest BCUT2D eigenvalue weighted by atomic mass is 10.1. The normalized spacial score (nSPS) is 23.6. The van der Waals surface area contributed by atoms with Crippen LogP contribution in [-0.2, 0) is 21.1 Å². The molecule has 0 aromatic heterocycles. The van der Waals surface area contributed by atoms with Gasteiger partial charge < -0.3 is 9.64 Å². The van der Waals surface area contributed by atoms with Crippen molar-refractivity contribution in [3.63, 3.8) is 0 Å². The first-order valence-corrected chi connectivity index (χ1v) is 12.2. The number of anilines is 1. The van der Waals surface area contributed by atoms with Crippen LogP contribution in [0.1, 0.15) is 5.56 Å². The second-order valence-corrected chi connectivity index (χ2v) is 10.8. The molecule has 2 aliphatic rings. The predicted molar refractivity (Wildman–Crippen MR) is 117 cm³/mol. The van der Waals surface area contributed by atoms with Gasteiger partial charge in [0.2, 0.25) is 0 Å². The molecule has 0 unspecified atom stereocenters. The number of benzene rings is 2. The Morgan fingerprint density at radius 2 is 2.00 bits per heavy atom. The van der Waals surface area contributed by atoms with Gasteiger partial charge in [-0.15, -0.1) is 0 Å². The number of hydrogen-bond acceptors (Lipinski definition) is 5. The SMILES string of the molecule is COc1ccc(CC(=O)N=C2S[C@H]3CS(=O)(=O)C[C@@H]3N2c2ccc(Cl)c(F)c2)cc1. The number of ether oxygens (including phenoxy) is 1. The molecule has 2 aromatic rings. The van der Waals surface area contributed by atoms with Crippen LogP contribution in [-0.4, -0.2) is 49.4 Å². The molecule has 30 heavy (non-hydrogen) atoms. The van der Waals surface area contributed by atoms with Crippen molar-refractivity contribution >= 4 is 50.0 Å². The smallest absolute Gasteiger partial charge is 0.252 e. The van der Waals surface area contributed by atoms with E-state index in [2.05, 4.69) is 4.99 Å². The average molecular weight is 469 g/mol. The standard InChI is InChI=1S/C20H18ClFN2O4S2/c1-28-14-5-2-12(3-6-14)8-19(25)23-20-24(13-4-7-15(21)16(22)9-13)17-10-30(26,27)11-18(17)29-20/h2-7,9,17-18H,8,10-11H2,1H3/t17-,18-/m0/s1. The van der Waals surface area contributed by atoms with E-state index in [0.29, 0.717) is 16.6 Å². The number of sulfone groups is 1. The van der Waals surface area contributed by atoms with E-state index in [1.54, 1.807) is 42.3 Å². The van der Waals surface area contributed by atoms with Crippen molar-refractivity contribution in [2.75, 3.05) is 23.5 Å². The van der Waals surface area contributed by atoms with E-state index in [1.165, 1.54) is 23.9 Å². The Labute approximate surface area is 183 Å². The highest BCUT2D eigenvalue weighted by Crippen LogP contribution is 2.41. The fraction of sp³-hybridized carbons (Fsp3) is 0.300. The van der Waals surface area contributed by atoms with Crippen LogP contribution in [0.4, 0.5) is 10.1 Å². The maximum absolute atomic E-state index is 14.1. The summed E-state index contributed by atoms with van der Waals surface area (Å²) in [5.74, 6) is -0.368.